The van der Waals surface area contributed by atoms with Gasteiger partial charge in [0.2, 0.25) is 0 Å². The maximum absolute atomic E-state index is 9.07. The molecule has 0 saturated heterocycles. The summed E-state index contributed by atoms with van der Waals surface area (Å²) < 4.78 is 1.02. The number of aromatic nitrogens is 1. The molecule has 1 aliphatic rings. The highest BCUT2D eigenvalue weighted by Gasteiger charge is 2.24. The normalized spacial score (nSPS) is 16.4. The Morgan fingerprint density at radius 1 is 1.44 bits per heavy atom. The van der Waals surface area contributed by atoms with Gasteiger partial charge in [0.25, 0.3) is 0 Å². The van der Waals surface area contributed by atoms with Crippen molar-refractivity contribution < 1.29 is 5.11 Å². The van der Waals surface area contributed by atoms with Crippen LogP contribution in [-0.2, 0) is 6.54 Å². The van der Waals surface area contributed by atoms with E-state index < -0.39 is 0 Å². The molecule has 1 saturated carbocycles. The first-order chi connectivity index (χ1) is 7.79. The summed E-state index contributed by atoms with van der Waals surface area (Å²) in [5.74, 6) is 0. The molecular formula is C12H17BrN2O. The molecular weight excluding hydrogens is 268 g/mol. The second-order valence-electron chi connectivity index (χ2n) is 4.29. The Labute approximate surface area is 105 Å². The van der Waals surface area contributed by atoms with E-state index in [0.29, 0.717) is 6.04 Å². The Kier molecular flexibility index (Phi) is 4.32. The molecule has 0 spiro atoms. The van der Waals surface area contributed by atoms with E-state index in [1.807, 2.05) is 6.20 Å². The summed E-state index contributed by atoms with van der Waals surface area (Å²) in [6.07, 6.45) is 7.54. The zero-order valence-electron chi connectivity index (χ0n) is 9.27. The molecule has 1 aliphatic carbocycles. The molecule has 0 aromatic carbocycles. The third-order valence-corrected chi connectivity index (χ3v) is 3.56. The number of pyridine rings is 1. The lowest BCUT2D eigenvalue weighted by Crippen LogP contribution is -2.41. The van der Waals surface area contributed by atoms with E-state index in [9.17, 15) is 0 Å². The third kappa shape index (κ3) is 3.03. The van der Waals surface area contributed by atoms with Gasteiger partial charge in [0.15, 0.2) is 0 Å². The van der Waals surface area contributed by atoms with E-state index in [0.717, 1.165) is 17.6 Å². The van der Waals surface area contributed by atoms with Gasteiger partial charge in [0, 0.05) is 36.0 Å². The molecule has 1 fully saturated rings. The van der Waals surface area contributed by atoms with Crippen molar-refractivity contribution in [3.05, 3.63) is 28.5 Å². The number of hydrogen-bond acceptors (Lipinski definition) is 3. The van der Waals surface area contributed by atoms with Crippen molar-refractivity contribution in [2.45, 2.75) is 31.8 Å². The predicted octanol–water partition coefficient (Wildman–Crippen LogP) is 2.19. The minimum atomic E-state index is 0.234. The van der Waals surface area contributed by atoms with Gasteiger partial charge in [-0.25, -0.2) is 0 Å². The predicted molar refractivity (Wildman–Crippen MR) is 67.1 cm³/mol. The quantitative estimate of drug-likeness (QED) is 0.901. The highest BCUT2D eigenvalue weighted by Crippen LogP contribution is 2.26. The van der Waals surface area contributed by atoms with E-state index in [1.165, 1.54) is 24.8 Å². The Morgan fingerprint density at radius 3 is 2.81 bits per heavy atom. The van der Waals surface area contributed by atoms with Gasteiger partial charge in [-0.2, -0.15) is 0 Å². The van der Waals surface area contributed by atoms with Crippen LogP contribution in [0.2, 0.25) is 0 Å². The van der Waals surface area contributed by atoms with Gasteiger partial charge in [-0.05, 0) is 40.4 Å². The summed E-state index contributed by atoms with van der Waals surface area (Å²) >= 11 is 3.43. The van der Waals surface area contributed by atoms with Crippen molar-refractivity contribution in [1.82, 2.24) is 9.88 Å². The van der Waals surface area contributed by atoms with Crippen LogP contribution in [0.1, 0.15) is 24.8 Å². The molecule has 0 radical (unpaired) electrons. The van der Waals surface area contributed by atoms with Gasteiger partial charge in [-0.3, -0.25) is 9.88 Å². The molecule has 0 amide bonds. The molecule has 88 valence electrons. The van der Waals surface area contributed by atoms with Gasteiger partial charge in [0.05, 0.1) is 6.61 Å². The maximum Gasteiger partial charge on any atom is 0.0558 e. The molecule has 4 heteroatoms. The Morgan fingerprint density at radius 2 is 2.25 bits per heavy atom. The Hall–Kier alpha value is -0.450. The summed E-state index contributed by atoms with van der Waals surface area (Å²) in [6, 6.07) is 2.75. The van der Waals surface area contributed by atoms with Crippen molar-refractivity contribution in [2.24, 2.45) is 0 Å². The van der Waals surface area contributed by atoms with E-state index >= 15 is 0 Å². The largest absolute Gasteiger partial charge is 0.395 e. The molecule has 0 unspecified atom stereocenters. The molecule has 2 rings (SSSR count). The summed E-state index contributed by atoms with van der Waals surface area (Å²) in [5, 5.41) is 9.07. The number of halogens is 1. The molecule has 0 atom stereocenters. The summed E-state index contributed by atoms with van der Waals surface area (Å²) in [4.78, 5) is 6.52. The van der Waals surface area contributed by atoms with Crippen LogP contribution in [0.15, 0.2) is 22.9 Å². The lowest BCUT2D eigenvalue weighted by molar-refractivity contribution is 0.0944. The Bertz CT molecular complexity index is 342. The standard InChI is InChI=1S/C12H17BrN2O/c13-11-6-10(7-14-8-11)9-15(4-5-16)12-2-1-3-12/h6-8,12,16H,1-5,9H2. The number of aliphatic hydroxyl groups excluding tert-OH is 1. The molecule has 1 heterocycles. The monoisotopic (exact) mass is 284 g/mol. The second-order valence-corrected chi connectivity index (χ2v) is 5.21. The smallest absolute Gasteiger partial charge is 0.0558 e. The van der Waals surface area contributed by atoms with E-state index in [-0.39, 0.29) is 6.61 Å². The lowest BCUT2D eigenvalue weighted by Gasteiger charge is -2.37. The topological polar surface area (TPSA) is 36.4 Å². The number of aliphatic hydroxyl groups is 1. The first-order valence-electron chi connectivity index (χ1n) is 5.74. The average Bonchev–Trinajstić information content (AvgIpc) is 2.15. The summed E-state index contributed by atoms with van der Waals surface area (Å²) in [7, 11) is 0. The summed E-state index contributed by atoms with van der Waals surface area (Å²) in [6.45, 7) is 1.88. The Balaban J connectivity index is 1.98. The summed E-state index contributed by atoms with van der Waals surface area (Å²) in [5.41, 5.74) is 1.20. The molecule has 1 N–H and O–H groups in total. The van der Waals surface area contributed by atoms with Crippen LogP contribution in [0.25, 0.3) is 0 Å². The van der Waals surface area contributed by atoms with Gasteiger partial charge in [0.1, 0.15) is 0 Å². The number of nitrogens with zero attached hydrogens (tertiary/aromatic N) is 2. The zero-order chi connectivity index (χ0) is 11.4. The van der Waals surface area contributed by atoms with Crippen molar-refractivity contribution >= 4 is 15.9 Å². The highest BCUT2D eigenvalue weighted by molar-refractivity contribution is 9.10. The first-order valence-corrected chi connectivity index (χ1v) is 6.53. The fourth-order valence-electron chi connectivity index (χ4n) is 2.05. The zero-order valence-corrected chi connectivity index (χ0v) is 10.9. The van der Waals surface area contributed by atoms with Crippen LogP contribution in [0, 0.1) is 0 Å². The molecule has 1 aromatic heterocycles. The van der Waals surface area contributed by atoms with Crippen molar-refractivity contribution in [3.8, 4) is 0 Å². The van der Waals surface area contributed by atoms with Crippen LogP contribution in [-0.4, -0.2) is 34.2 Å². The highest BCUT2D eigenvalue weighted by atomic mass is 79.9. The fourth-order valence-corrected chi connectivity index (χ4v) is 2.46. The van der Waals surface area contributed by atoms with Gasteiger partial charge >= 0.3 is 0 Å². The second kappa shape index (κ2) is 5.75. The van der Waals surface area contributed by atoms with Crippen LogP contribution < -0.4 is 0 Å². The van der Waals surface area contributed by atoms with Gasteiger partial charge < -0.3 is 5.11 Å². The minimum absolute atomic E-state index is 0.234. The molecule has 3 nitrogen and oxygen atoms in total. The molecule has 0 aliphatic heterocycles. The number of rotatable bonds is 5. The van der Waals surface area contributed by atoms with E-state index in [4.69, 9.17) is 5.11 Å². The van der Waals surface area contributed by atoms with Crippen molar-refractivity contribution in [2.75, 3.05) is 13.2 Å². The lowest BCUT2D eigenvalue weighted by atomic mass is 9.91. The van der Waals surface area contributed by atoms with E-state index in [1.54, 1.807) is 6.20 Å². The van der Waals surface area contributed by atoms with Crippen LogP contribution in [0.5, 0.6) is 0 Å². The van der Waals surface area contributed by atoms with Crippen LogP contribution in [0.4, 0.5) is 0 Å². The first kappa shape index (κ1) is 12.0. The SMILES string of the molecule is OCCN(Cc1cncc(Br)c1)C1CCC1. The maximum atomic E-state index is 9.07. The van der Waals surface area contributed by atoms with Crippen molar-refractivity contribution in [1.29, 1.82) is 0 Å². The van der Waals surface area contributed by atoms with Gasteiger partial charge in [-0.1, -0.05) is 6.42 Å². The molecule has 0 bridgehead atoms. The van der Waals surface area contributed by atoms with Crippen LogP contribution >= 0.6 is 15.9 Å². The van der Waals surface area contributed by atoms with Crippen LogP contribution in [0.3, 0.4) is 0 Å². The van der Waals surface area contributed by atoms with Gasteiger partial charge in [-0.15, -0.1) is 0 Å². The fraction of sp³-hybridized carbons (Fsp3) is 0.583. The molecule has 1 aromatic rings. The van der Waals surface area contributed by atoms with Crippen molar-refractivity contribution in [3.63, 3.8) is 0 Å². The third-order valence-electron chi connectivity index (χ3n) is 3.13. The minimum Gasteiger partial charge on any atom is -0.395 e. The van der Waals surface area contributed by atoms with E-state index in [2.05, 4.69) is 31.9 Å². The average molecular weight is 285 g/mol. The molecule has 16 heavy (non-hydrogen) atoms. The number of hydrogen-bond donors (Lipinski definition) is 1.